The summed E-state index contributed by atoms with van der Waals surface area (Å²) in [5.41, 5.74) is 0.627. The number of anilines is 1. The lowest BCUT2D eigenvalue weighted by Crippen LogP contribution is -2.24. The van der Waals surface area contributed by atoms with Crippen molar-refractivity contribution in [1.29, 1.82) is 0 Å². The maximum absolute atomic E-state index is 12.4. The van der Waals surface area contributed by atoms with E-state index in [1.165, 1.54) is 24.6 Å². The van der Waals surface area contributed by atoms with Crippen LogP contribution in [0, 0.1) is 5.92 Å². The van der Waals surface area contributed by atoms with Crippen LogP contribution in [0.4, 0.5) is 5.69 Å². The molecular formula is C17H15Cl2N3O3S. The molecule has 0 spiro atoms. The smallest absolute Gasteiger partial charge is 0.349 e. The number of aromatic nitrogens is 2. The zero-order valence-corrected chi connectivity index (χ0v) is 16.3. The first-order valence-electron chi connectivity index (χ1n) is 7.68. The van der Waals surface area contributed by atoms with E-state index >= 15 is 0 Å². The van der Waals surface area contributed by atoms with Gasteiger partial charge >= 0.3 is 5.97 Å². The second-order valence-electron chi connectivity index (χ2n) is 5.72. The van der Waals surface area contributed by atoms with Gasteiger partial charge < -0.3 is 10.1 Å². The number of benzene rings is 1. The second kappa shape index (κ2) is 7.65. The molecule has 0 aliphatic heterocycles. The molecule has 1 unspecified atom stereocenters. The van der Waals surface area contributed by atoms with E-state index in [0.717, 1.165) is 10.1 Å². The van der Waals surface area contributed by atoms with Crippen molar-refractivity contribution in [2.45, 2.75) is 13.5 Å². The summed E-state index contributed by atoms with van der Waals surface area (Å²) in [6.45, 7) is 2.22. The number of fused-ring (bicyclic) bond motifs is 1. The van der Waals surface area contributed by atoms with Crippen molar-refractivity contribution in [3.63, 3.8) is 0 Å². The van der Waals surface area contributed by atoms with Gasteiger partial charge in [-0.15, -0.1) is 11.3 Å². The highest BCUT2D eigenvalue weighted by molar-refractivity contribution is 7.21. The number of carbonyl (C=O) groups excluding carboxylic acids is 2. The molecule has 0 radical (unpaired) electrons. The van der Waals surface area contributed by atoms with Crippen molar-refractivity contribution < 1.29 is 14.3 Å². The Morgan fingerprint density at radius 2 is 2.15 bits per heavy atom. The second-order valence-corrected chi connectivity index (χ2v) is 7.59. The van der Waals surface area contributed by atoms with Crippen molar-refractivity contribution >= 4 is 62.2 Å². The van der Waals surface area contributed by atoms with Gasteiger partial charge in [-0.05, 0) is 18.2 Å². The summed E-state index contributed by atoms with van der Waals surface area (Å²) in [5.74, 6) is -0.931. The predicted molar refractivity (Wildman–Crippen MR) is 103 cm³/mol. The van der Waals surface area contributed by atoms with Gasteiger partial charge in [0.2, 0.25) is 5.91 Å². The highest BCUT2D eigenvalue weighted by Crippen LogP contribution is 2.37. The van der Waals surface area contributed by atoms with E-state index in [4.69, 9.17) is 27.9 Å². The highest BCUT2D eigenvalue weighted by Gasteiger charge is 2.19. The average molecular weight is 412 g/mol. The molecule has 0 fully saturated rings. The number of carbonyl (C=O) groups is 2. The predicted octanol–water partition coefficient (Wildman–Crippen LogP) is 4.47. The lowest BCUT2D eigenvalue weighted by molar-refractivity contribution is -0.119. The quantitative estimate of drug-likeness (QED) is 0.628. The van der Waals surface area contributed by atoms with Crippen molar-refractivity contribution in [3.05, 3.63) is 45.5 Å². The Balaban J connectivity index is 1.75. The van der Waals surface area contributed by atoms with Crippen molar-refractivity contribution in [2.75, 3.05) is 12.4 Å². The molecule has 0 saturated carbocycles. The zero-order chi connectivity index (χ0) is 18.8. The fourth-order valence-corrected chi connectivity index (χ4v) is 4.06. The van der Waals surface area contributed by atoms with E-state index in [1.54, 1.807) is 36.0 Å². The fraction of sp³-hybridized carbons (Fsp3) is 0.235. The van der Waals surface area contributed by atoms with Crippen LogP contribution in [0.1, 0.15) is 16.6 Å². The summed E-state index contributed by atoms with van der Waals surface area (Å²) in [7, 11) is 1.31. The van der Waals surface area contributed by atoms with Crippen LogP contribution in [-0.4, -0.2) is 28.8 Å². The number of esters is 1. The number of thiophene rings is 1. The number of nitrogens with one attached hydrogen (secondary N) is 1. The Labute approximate surface area is 163 Å². The SMILES string of the molecule is COC(=O)c1sc2cc(NC(=O)C(C)Cn3cc(Cl)cn3)ccc2c1Cl. The normalized spacial score (nSPS) is 12.2. The summed E-state index contributed by atoms with van der Waals surface area (Å²) in [5, 5.41) is 8.57. The van der Waals surface area contributed by atoms with Crippen molar-refractivity contribution in [3.8, 4) is 0 Å². The van der Waals surface area contributed by atoms with Crippen LogP contribution in [-0.2, 0) is 16.1 Å². The Hall–Kier alpha value is -2.09. The van der Waals surface area contributed by atoms with Crippen LogP contribution < -0.4 is 5.32 Å². The number of ether oxygens (including phenoxy) is 1. The number of amides is 1. The Morgan fingerprint density at radius 3 is 2.81 bits per heavy atom. The molecule has 9 heteroatoms. The fourth-order valence-electron chi connectivity index (χ4n) is 2.43. The van der Waals surface area contributed by atoms with E-state index in [1.807, 2.05) is 0 Å². The minimum absolute atomic E-state index is 0.146. The molecule has 136 valence electrons. The van der Waals surface area contributed by atoms with Crippen LogP contribution >= 0.6 is 34.5 Å². The van der Waals surface area contributed by atoms with Gasteiger partial charge in [0.05, 0.1) is 35.8 Å². The van der Waals surface area contributed by atoms with Crippen molar-refractivity contribution in [2.24, 2.45) is 5.92 Å². The summed E-state index contributed by atoms with van der Waals surface area (Å²) in [6, 6.07) is 5.30. The van der Waals surface area contributed by atoms with Crippen LogP contribution in [0.25, 0.3) is 10.1 Å². The van der Waals surface area contributed by atoms with Gasteiger partial charge in [-0.2, -0.15) is 5.10 Å². The third-order valence-electron chi connectivity index (χ3n) is 3.78. The van der Waals surface area contributed by atoms with Crippen molar-refractivity contribution in [1.82, 2.24) is 9.78 Å². The van der Waals surface area contributed by atoms with Gasteiger partial charge in [0.25, 0.3) is 0 Å². The molecule has 1 N–H and O–H groups in total. The summed E-state index contributed by atoms with van der Waals surface area (Å²) < 4.78 is 7.14. The van der Waals surface area contributed by atoms with Crippen LogP contribution in [0.15, 0.2) is 30.6 Å². The number of halogens is 2. The first-order chi connectivity index (χ1) is 12.4. The van der Waals surface area contributed by atoms with E-state index in [9.17, 15) is 9.59 Å². The first-order valence-corrected chi connectivity index (χ1v) is 9.25. The lowest BCUT2D eigenvalue weighted by Gasteiger charge is -2.12. The molecule has 26 heavy (non-hydrogen) atoms. The molecule has 2 heterocycles. The largest absolute Gasteiger partial charge is 0.465 e. The Morgan fingerprint density at radius 1 is 1.38 bits per heavy atom. The number of rotatable bonds is 5. The Kier molecular flexibility index (Phi) is 5.50. The van der Waals surface area contributed by atoms with Gasteiger partial charge in [-0.1, -0.05) is 30.1 Å². The summed E-state index contributed by atoms with van der Waals surface area (Å²) in [4.78, 5) is 24.5. The minimum Gasteiger partial charge on any atom is -0.465 e. The molecule has 2 aromatic heterocycles. The molecule has 1 aromatic carbocycles. The molecular weight excluding hydrogens is 397 g/mol. The molecule has 0 aliphatic carbocycles. The van der Waals surface area contributed by atoms with Crippen LogP contribution in [0.2, 0.25) is 10.0 Å². The molecule has 3 aromatic rings. The molecule has 1 atom stereocenters. The standard InChI is InChI=1S/C17H15Cl2N3O3S/c1-9(7-22-8-10(18)6-20-22)16(23)21-11-3-4-12-13(5-11)26-15(14(12)19)17(24)25-2/h3-6,8-9H,7H2,1-2H3,(H,21,23). The lowest BCUT2D eigenvalue weighted by atomic mass is 10.1. The first kappa shape index (κ1) is 18.7. The van der Waals surface area contributed by atoms with E-state index in [-0.39, 0.29) is 11.8 Å². The van der Waals surface area contributed by atoms with Gasteiger partial charge in [-0.25, -0.2) is 4.79 Å². The van der Waals surface area contributed by atoms with E-state index in [2.05, 4.69) is 10.4 Å². The summed E-state index contributed by atoms with van der Waals surface area (Å²) >= 11 is 13.3. The Bertz CT molecular complexity index is 983. The number of methoxy groups -OCH3 is 1. The zero-order valence-electron chi connectivity index (χ0n) is 14.0. The number of hydrogen-bond donors (Lipinski definition) is 1. The third-order valence-corrected chi connectivity index (χ3v) is 5.61. The third kappa shape index (κ3) is 3.85. The molecule has 1 amide bonds. The van der Waals surface area contributed by atoms with Crippen LogP contribution in [0.5, 0.6) is 0 Å². The molecule has 3 rings (SSSR count). The van der Waals surface area contributed by atoms with Gasteiger partial charge in [0, 0.05) is 22.0 Å². The average Bonchev–Trinajstić information content (AvgIpc) is 3.17. The maximum Gasteiger partial charge on any atom is 0.349 e. The summed E-state index contributed by atoms with van der Waals surface area (Å²) in [6.07, 6.45) is 3.19. The molecule has 0 bridgehead atoms. The van der Waals surface area contributed by atoms with E-state index in [0.29, 0.717) is 27.2 Å². The number of hydrogen-bond acceptors (Lipinski definition) is 5. The maximum atomic E-state index is 12.4. The molecule has 6 nitrogen and oxygen atoms in total. The molecule has 0 saturated heterocycles. The van der Waals surface area contributed by atoms with Gasteiger partial charge in [0.15, 0.2) is 0 Å². The molecule has 0 aliphatic rings. The highest BCUT2D eigenvalue weighted by atomic mass is 35.5. The topological polar surface area (TPSA) is 73.2 Å². The van der Waals surface area contributed by atoms with E-state index < -0.39 is 5.97 Å². The minimum atomic E-state index is -0.478. The number of nitrogens with zero attached hydrogens (tertiary/aromatic N) is 2. The monoisotopic (exact) mass is 411 g/mol. The van der Waals surface area contributed by atoms with Gasteiger partial charge in [0.1, 0.15) is 4.88 Å². The van der Waals surface area contributed by atoms with Crippen LogP contribution in [0.3, 0.4) is 0 Å². The van der Waals surface area contributed by atoms with Gasteiger partial charge in [-0.3, -0.25) is 9.48 Å².